The van der Waals surface area contributed by atoms with Crippen LogP contribution in [-0.4, -0.2) is 16.2 Å². The lowest BCUT2D eigenvalue weighted by Crippen LogP contribution is -2.21. The molecular formula is C15H13F3N4. The van der Waals surface area contributed by atoms with Crippen molar-refractivity contribution in [1.29, 1.82) is 5.26 Å². The molecule has 0 saturated heterocycles. The second-order valence-corrected chi connectivity index (χ2v) is 4.82. The maximum absolute atomic E-state index is 12.9. The van der Waals surface area contributed by atoms with Crippen molar-refractivity contribution in [1.82, 2.24) is 10.2 Å². The van der Waals surface area contributed by atoms with Crippen LogP contribution in [0.2, 0.25) is 0 Å². The Bertz CT molecular complexity index is 674. The summed E-state index contributed by atoms with van der Waals surface area (Å²) in [6.07, 6.45) is -4.18. The molecular weight excluding hydrogens is 293 g/mol. The summed E-state index contributed by atoms with van der Waals surface area (Å²) in [6, 6.07) is 10.1. The summed E-state index contributed by atoms with van der Waals surface area (Å²) < 4.78 is 38.8. The van der Waals surface area contributed by atoms with E-state index in [2.05, 4.69) is 15.5 Å². The van der Waals surface area contributed by atoms with Gasteiger partial charge in [0.25, 0.3) is 0 Å². The lowest BCUT2D eigenvalue weighted by atomic mass is 10.0. The molecule has 1 aromatic heterocycles. The van der Waals surface area contributed by atoms with E-state index < -0.39 is 11.7 Å². The third-order valence-corrected chi connectivity index (χ3v) is 3.02. The van der Waals surface area contributed by atoms with Crippen molar-refractivity contribution in [3.63, 3.8) is 0 Å². The highest BCUT2D eigenvalue weighted by molar-refractivity contribution is 5.37. The predicted octanol–water partition coefficient (Wildman–Crippen LogP) is 3.41. The molecule has 114 valence electrons. The molecule has 2 rings (SSSR count). The summed E-state index contributed by atoms with van der Waals surface area (Å²) in [7, 11) is 0. The van der Waals surface area contributed by atoms with Gasteiger partial charge in [0.05, 0.1) is 5.56 Å². The molecule has 0 aliphatic carbocycles. The quantitative estimate of drug-likeness (QED) is 0.940. The number of nitrogens with zero attached hydrogens (tertiary/aromatic N) is 3. The Kier molecular flexibility index (Phi) is 4.61. The molecule has 0 amide bonds. The van der Waals surface area contributed by atoms with Crippen LogP contribution in [0.4, 0.5) is 19.0 Å². The van der Waals surface area contributed by atoms with E-state index in [4.69, 9.17) is 5.26 Å². The summed E-state index contributed by atoms with van der Waals surface area (Å²) in [6.45, 7) is 1.76. The molecule has 4 nitrogen and oxygen atoms in total. The fourth-order valence-corrected chi connectivity index (χ4v) is 2.08. The van der Waals surface area contributed by atoms with Crippen LogP contribution < -0.4 is 5.32 Å². The maximum Gasteiger partial charge on any atom is 0.416 e. The van der Waals surface area contributed by atoms with Gasteiger partial charge in [0.2, 0.25) is 0 Å². The van der Waals surface area contributed by atoms with Crippen molar-refractivity contribution in [3.8, 4) is 6.07 Å². The Morgan fingerprint density at radius 3 is 2.50 bits per heavy atom. The van der Waals surface area contributed by atoms with Gasteiger partial charge in [-0.05, 0) is 37.1 Å². The summed E-state index contributed by atoms with van der Waals surface area (Å²) in [5, 5.41) is 19.1. The Morgan fingerprint density at radius 2 is 1.91 bits per heavy atom. The molecule has 0 bridgehead atoms. The van der Waals surface area contributed by atoms with Crippen LogP contribution in [-0.2, 0) is 12.6 Å². The zero-order valence-corrected chi connectivity index (χ0v) is 11.7. The molecule has 0 saturated carbocycles. The third kappa shape index (κ3) is 3.95. The molecule has 1 atom stereocenters. The molecule has 0 spiro atoms. The average molecular weight is 306 g/mol. The number of benzene rings is 1. The first kappa shape index (κ1) is 15.8. The summed E-state index contributed by atoms with van der Waals surface area (Å²) in [5.41, 5.74) is -0.230. The number of hydrogen-bond donors (Lipinski definition) is 1. The predicted molar refractivity (Wildman–Crippen MR) is 75.0 cm³/mol. The Labute approximate surface area is 125 Å². The number of alkyl halides is 3. The molecule has 0 aliphatic rings. The summed E-state index contributed by atoms with van der Waals surface area (Å²) in [5.74, 6) is 0.413. The highest BCUT2D eigenvalue weighted by Gasteiger charge is 2.33. The standard InChI is InChI=1S/C15H13F3N4/c1-10(20-14-7-6-12(9-19)21-22-14)8-11-4-2-3-5-13(11)15(16,17)18/h2-7,10H,8H2,1H3,(H,20,22). The van der Waals surface area contributed by atoms with E-state index in [-0.39, 0.29) is 23.7 Å². The molecule has 7 heteroatoms. The van der Waals surface area contributed by atoms with Crippen molar-refractivity contribution in [2.75, 3.05) is 5.32 Å². The third-order valence-electron chi connectivity index (χ3n) is 3.02. The Balaban J connectivity index is 2.09. The van der Waals surface area contributed by atoms with E-state index in [1.54, 1.807) is 19.1 Å². The molecule has 0 aliphatic heterocycles. The van der Waals surface area contributed by atoms with Crippen molar-refractivity contribution in [2.45, 2.75) is 25.6 Å². The molecule has 2 aromatic rings. The smallest absolute Gasteiger partial charge is 0.366 e. The molecule has 1 heterocycles. The molecule has 0 radical (unpaired) electrons. The van der Waals surface area contributed by atoms with Gasteiger partial charge in [0, 0.05) is 6.04 Å². The van der Waals surface area contributed by atoms with E-state index in [1.165, 1.54) is 18.2 Å². The van der Waals surface area contributed by atoms with Crippen LogP contribution in [0, 0.1) is 11.3 Å². The van der Waals surface area contributed by atoms with Crippen molar-refractivity contribution >= 4 is 5.82 Å². The first-order valence-electron chi connectivity index (χ1n) is 6.55. The molecule has 22 heavy (non-hydrogen) atoms. The maximum atomic E-state index is 12.9. The lowest BCUT2D eigenvalue weighted by molar-refractivity contribution is -0.138. The molecule has 1 unspecified atom stereocenters. The molecule has 1 aromatic carbocycles. The number of aromatic nitrogens is 2. The zero-order chi connectivity index (χ0) is 16.2. The van der Waals surface area contributed by atoms with Crippen LogP contribution in [0.25, 0.3) is 0 Å². The zero-order valence-electron chi connectivity index (χ0n) is 11.7. The van der Waals surface area contributed by atoms with Crippen molar-refractivity contribution < 1.29 is 13.2 Å². The van der Waals surface area contributed by atoms with Gasteiger partial charge in [-0.3, -0.25) is 0 Å². The number of halogens is 3. The second kappa shape index (κ2) is 6.43. The minimum absolute atomic E-state index is 0.181. The van der Waals surface area contributed by atoms with Gasteiger partial charge >= 0.3 is 6.18 Å². The molecule has 0 fully saturated rings. The minimum Gasteiger partial charge on any atom is -0.366 e. The van der Waals surface area contributed by atoms with E-state index in [0.717, 1.165) is 6.07 Å². The van der Waals surface area contributed by atoms with E-state index in [9.17, 15) is 13.2 Å². The van der Waals surface area contributed by atoms with Crippen molar-refractivity contribution in [3.05, 3.63) is 53.2 Å². The number of rotatable bonds is 4. The number of anilines is 1. The van der Waals surface area contributed by atoms with Gasteiger partial charge in [0.1, 0.15) is 11.9 Å². The normalized spacial score (nSPS) is 12.5. The van der Waals surface area contributed by atoms with E-state index >= 15 is 0 Å². The van der Waals surface area contributed by atoms with Crippen LogP contribution in [0.5, 0.6) is 0 Å². The van der Waals surface area contributed by atoms with Crippen LogP contribution in [0.3, 0.4) is 0 Å². The highest BCUT2D eigenvalue weighted by Crippen LogP contribution is 2.32. The second-order valence-electron chi connectivity index (χ2n) is 4.82. The van der Waals surface area contributed by atoms with Gasteiger partial charge < -0.3 is 5.32 Å². The largest absolute Gasteiger partial charge is 0.416 e. The van der Waals surface area contributed by atoms with Crippen molar-refractivity contribution in [2.24, 2.45) is 0 Å². The number of nitrogens with one attached hydrogen (secondary N) is 1. The number of nitriles is 1. The Morgan fingerprint density at radius 1 is 1.18 bits per heavy atom. The average Bonchev–Trinajstić information content (AvgIpc) is 2.47. The van der Waals surface area contributed by atoms with Crippen LogP contribution >= 0.6 is 0 Å². The van der Waals surface area contributed by atoms with E-state index in [1.807, 2.05) is 6.07 Å². The fourth-order valence-electron chi connectivity index (χ4n) is 2.08. The van der Waals surface area contributed by atoms with Crippen LogP contribution in [0.15, 0.2) is 36.4 Å². The first-order chi connectivity index (χ1) is 10.4. The monoisotopic (exact) mass is 306 g/mol. The lowest BCUT2D eigenvalue weighted by Gasteiger charge is -2.17. The minimum atomic E-state index is -4.37. The van der Waals surface area contributed by atoms with Gasteiger partial charge in [-0.25, -0.2) is 0 Å². The van der Waals surface area contributed by atoms with Gasteiger partial charge in [-0.2, -0.15) is 18.4 Å². The fraction of sp³-hybridized carbons (Fsp3) is 0.267. The van der Waals surface area contributed by atoms with Gasteiger partial charge in [-0.1, -0.05) is 18.2 Å². The van der Waals surface area contributed by atoms with Gasteiger partial charge in [0.15, 0.2) is 5.69 Å². The molecule has 1 N–H and O–H groups in total. The first-order valence-corrected chi connectivity index (χ1v) is 6.55. The summed E-state index contributed by atoms with van der Waals surface area (Å²) >= 11 is 0. The van der Waals surface area contributed by atoms with Gasteiger partial charge in [-0.15, -0.1) is 10.2 Å². The Hall–Kier alpha value is -2.62. The highest BCUT2D eigenvalue weighted by atomic mass is 19.4. The van der Waals surface area contributed by atoms with E-state index in [0.29, 0.717) is 5.82 Å². The number of hydrogen-bond acceptors (Lipinski definition) is 4. The summed E-state index contributed by atoms with van der Waals surface area (Å²) in [4.78, 5) is 0. The topological polar surface area (TPSA) is 61.6 Å². The SMILES string of the molecule is CC(Cc1ccccc1C(F)(F)F)Nc1ccc(C#N)nn1. The van der Waals surface area contributed by atoms with Crippen LogP contribution in [0.1, 0.15) is 23.7 Å².